The van der Waals surface area contributed by atoms with Crippen molar-refractivity contribution in [3.8, 4) is 10.7 Å². The van der Waals surface area contributed by atoms with Crippen LogP contribution in [0.1, 0.15) is 32.0 Å². The summed E-state index contributed by atoms with van der Waals surface area (Å²) in [7, 11) is 1.71. The summed E-state index contributed by atoms with van der Waals surface area (Å²) in [5, 5.41) is 2.59. The predicted octanol–water partition coefficient (Wildman–Crippen LogP) is 4.83. The van der Waals surface area contributed by atoms with Crippen molar-refractivity contribution in [2.45, 2.75) is 13.2 Å². The van der Waals surface area contributed by atoms with E-state index in [-0.39, 0.29) is 18.1 Å². The van der Waals surface area contributed by atoms with Crippen LogP contribution in [-0.4, -0.2) is 33.8 Å². The van der Waals surface area contributed by atoms with Crippen LogP contribution >= 0.6 is 11.3 Å². The maximum Gasteiger partial charge on any atom is 0.339 e. The summed E-state index contributed by atoms with van der Waals surface area (Å²) in [4.78, 5) is 36.1. The van der Waals surface area contributed by atoms with Gasteiger partial charge in [-0.25, -0.2) is 9.78 Å². The predicted molar refractivity (Wildman–Crippen MR) is 123 cm³/mol. The molecular formula is C25H21N3O3S. The van der Waals surface area contributed by atoms with Gasteiger partial charge in [-0.3, -0.25) is 9.78 Å². The first-order valence-corrected chi connectivity index (χ1v) is 10.9. The van der Waals surface area contributed by atoms with Crippen molar-refractivity contribution >= 4 is 23.2 Å². The van der Waals surface area contributed by atoms with Gasteiger partial charge in [-0.15, -0.1) is 11.3 Å². The van der Waals surface area contributed by atoms with E-state index in [9.17, 15) is 9.59 Å². The number of ether oxygens (including phenoxy) is 1. The second kappa shape index (κ2) is 9.98. The fourth-order valence-corrected chi connectivity index (χ4v) is 3.96. The number of amides is 1. The highest BCUT2D eigenvalue weighted by Crippen LogP contribution is 2.22. The van der Waals surface area contributed by atoms with E-state index in [1.807, 2.05) is 53.9 Å². The van der Waals surface area contributed by atoms with Crippen molar-refractivity contribution < 1.29 is 14.3 Å². The number of hydrogen-bond donors (Lipinski definition) is 0. The van der Waals surface area contributed by atoms with Gasteiger partial charge >= 0.3 is 5.97 Å². The molecule has 4 aromatic rings. The van der Waals surface area contributed by atoms with Crippen LogP contribution < -0.4 is 0 Å². The quantitative estimate of drug-likeness (QED) is 0.383. The van der Waals surface area contributed by atoms with E-state index >= 15 is 0 Å². The molecule has 0 atom stereocenters. The Balaban J connectivity index is 1.43. The lowest BCUT2D eigenvalue weighted by Crippen LogP contribution is -2.28. The van der Waals surface area contributed by atoms with Gasteiger partial charge in [0.15, 0.2) is 0 Å². The molecule has 0 fully saturated rings. The third-order valence-corrected chi connectivity index (χ3v) is 5.69. The Labute approximate surface area is 190 Å². The van der Waals surface area contributed by atoms with Crippen LogP contribution in [0.2, 0.25) is 0 Å². The minimum Gasteiger partial charge on any atom is -0.456 e. The van der Waals surface area contributed by atoms with Crippen molar-refractivity contribution in [3.63, 3.8) is 0 Å². The van der Waals surface area contributed by atoms with E-state index in [0.717, 1.165) is 16.3 Å². The number of esters is 1. The molecule has 1 amide bonds. The van der Waals surface area contributed by atoms with E-state index in [1.165, 1.54) is 11.3 Å². The molecule has 0 saturated heterocycles. The Kier molecular flexibility index (Phi) is 6.67. The smallest absolute Gasteiger partial charge is 0.339 e. The molecule has 0 unspecified atom stereocenters. The van der Waals surface area contributed by atoms with E-state index in [2.05, 4.69) is 9.97 Å². The molecule has 0 bridgehead atoms. The zero-order valence-electron chi connectivity index (χ0n) is 17.5. The van der Waals surface area contributed by atoms with Gasteiger partial charge in [-0.1, -0.05) is 48.5 Å². The summed E-state index contributed by atoms with van der Waals surface area (Å²) in [6, 6.07) is 22.0. The van der Waals surface area contributed by atoms with Crippen LogP contribution in [0, 0.1) is 0 Å². The van der Waals surface area contributed by atoms with Gasteiger partial charge in [0, 0.05) is 25.2 Å². The second-order valence-electron chi connectivity index (χ2n) is 7.13. The Morgan fingerprint density at radius 1 is 0.938 bits per heavy atom. The Bertz CT molecular complexity index is 1210. The molecule has 2 heterocycles. The van der Waals surface area contributed by atoms with Gasteiger partial charge in [0.2, 0.25) is 0 Å². The number of nitrogens with zero attached hydrogens (tertiary/aromatic N) is 3. The number of pyridine rings is 1. The van der Waals surface area contributed by atoms with Crippen molar-refractivity contribution in [1.29, 1.82) is 0 Å². The topological polar surface area (TPSA) is 72.4 Å². The molecule has 0 radical (unpaired) electrons. The van der Waals surface area contributed by atoms with Gasteiger partial charge in [0.05, 0.1) is 22.5 Å². The molecule has 4 rings (SSSR count). The maximum atomic E-state index is 13.0. The molecule has 32 heavy (non-hydrogen) atoms. The summed E-state index contributed by atoms with van der Waals surface area (Å²) in [5.74, 6) is -0.804. The minimum atomic E-state index is -0.561. The van der Waals surface area contributed by atoms with Gasteiger partial charge in [0.25, 0.3) is 5.91 Å². The van der Waals surface area contributed by atoms with Gasteiger partial charge in [-0.2, -0.15) is 0 Å². The number of rotatable bonds is 7. The second-order valence-corrected chi connectivity index (χ2v) is 7.99. The standard InChI is InChI=1S/C25H21N3O3S/c1-28(15-18-9-3-2-4-10-18)24(29)20-11-5-6-12-21(20)25(30)31-16-19-17-32-23(27-19)22-13-7-8-14-26-22/h2-14,17H,15-16H2,1H3. The third kappa shape index (κ3) is 5.07. The Morgan fingerprint density at radius 3 is 2.41 bits per heavy atom. The summed E-state index contributed by atoms with van der Waals surface area (Å²) < 4.78 is 5.47. The van der Waals surface area contributed by atoms with Crippen molar-refractivity contribution in [2.75, 3.05) is 7.05 Å². The minimum absolute atomic E-state index is 0.0184. The average molecular weight is 444 g/mol. The SMILES string of the molecule is CN(Cc1ccccc1)C(=O)c1ccccc1C(=O)OCc1csc(-c2ccccn2)n1. The molecule has 0 spiro atoms. The number of aromatic nitrogens is 2. The number of carbonyl (C=O) groups excluding carboxylic acids is 2. The Hall–Kier alpha value is -3.84. The molecule has 7 heteroatoms. The van der Waals surface area contributed by atoms with E-state index in [0.29, 0.717) is 17.8 Å². The Morgan fingerprint density at radius 2 is 1.66 bits per heavy atom. The third-order valence-electron chi connectivity index (χ3n) is 4.77. The van der Waals surface area contributed by atoms with E-state index < -0.39 is 5.97 Å². The lowest BCUT2D eigenvalue weighted by Gasteiger charge is -2.19. The first-order chi connectivity index (χ1) is 15.6. The van der Waals surface area contributed by atoms with Crippen molar-refractivity contribution in [2.24, 2.45) is 0 Å². The zero-order chi connectivity index (χ0) is 22.3. The molecule has 0 aliphatic heterocycles. The number of thiazole rings is 1. The molecule has 0 aliphatic carbocycles. The molecular weight excluding hydrogens is 422 g/mol. The average Bonchev–Trinajstić information content (AvgIpc) is 3.32. The van der Waals surface area contributed by atoms with Crippen LogP contribution in [0.3, 0.4) is 0 Å². The van der Waals surface area contributed by atoms with Gasteiger partial charge in [-0.05, 0) is 29.8 Å². The summed E-state index contributed by atoms with van der Waals surface area (Å²) in [5.41, 5.74) is 2.96. The molecule has 0 N–H and O–H groups in total. The van der Waals surface area contributed by atoms with Crippen LogP contribution in [0.4, 0.5) is 0 Å². The number of carbonyl (C=O) groups is 2. The highest BCUT2D eigenvalue weighted by atomic mass is 32.1. The van der Waals surface area contributed by atoms with Gasteiger partial charge < -0.3 is 9.64 Å². The summed E-state index contributed by atoms with van der Waals surface area (Å²) >= 11 is 1.44. The van der Waals surface area contributed by atoms with Crippen molar-refractivity contribution in [1.82, 2.24) is 14.9 Å². The summed E-state index contributed by atoms with van der Waals surface area (Å²) in [6.07, 6.45) is 1.71. The van der Waals surface area contributed by atoms with E-state index in [1.54, 1.807) is 42.4 Å². The summed E-state index contributed by atoms with van der Waals surface area (Å²) in [6.45, 7) is 0.461. The molecule has 2 aromatic carbocycles. The van der Waals surface area contributed by atoms with Crippen LogP contribution in [0.25, 0.3) is 10.7 Å². The van der Waals surface area contributed by atoms with Crippen LogP contribution in [0.5, 0.6) is 0 Å². The number of benzene rings is 2. The van der Waals surface area contributed by atoms with Crippen LogP contribution in [-0.2, 0) is 17.9 Å². The van der Waals surface area contributed by atoms with Crippen molar-refractivity contribution in [3.05, 3.63) is 107 Å². The normalized spacial score (nSPS) is 10.5. The molecule has 160 valence electrons. The lowest BCUT2D eigenvalue weighted by atomic mass is 10.1. The lowest BCUT2D eigenvalue weighted by molar-refractivity contribution is 0.0463. The largest absolute Gasteiger partial charge is 0.456 e. The fourth-order valence-electron chi connectivity index (χ4n) is 3.18. The molecule has 2 aromatic heterocycles. The highest BCUT2D eigenvalue weighted by molar-refractivity contribution is 7.13. The monoisotopic (exact) mass is 443 g/mol. The molecule has 6 nitrogen and oxygen atoms in total. The molecule has 0 saturated carbocycles. The maximum absolute atomic E-state index is 13.0. The van der Waals surface area contributed by atoms with Gasteiger partial charge in [0.1, 0.15) is 11.6 Å². The van der Waals surface area contributed by atoms with Crippen LogP contribution in [0.15, 0.2) is 84.4 Å². The zero-order valence-corrected chi connectivity index (χ0v) is 18.3. The highest BCUT2D eigenvalue weighted by Gasteiger charge is 2.21. The fraction of sp³-hybridized carbons (Fsp3) is 0.120. The molecule has 0 aliphatic rings. The number of hydrogen-bond acceptors (Lipinski definition) is 6. The van der Waals surface area contributed by atoms with E-state index in [4.69, 9.17) is 4.74 Å². The first-order valence-electron chi connectivity index (χ1n) is 10.0. The first kappa shape index (κ1) is 21.4.